The van der Waals surface area contributed by atoms with Crippen molar-refractivity contribution >= 4 is 0 Å². The SMILES string of the molecule is C=CCn1c(=O)c(CC)c2n(c1=O)[C@@H](OC(CO)CO)CO2. The second kappa shape index (κ2) is 6.91. The first-order chi connectivity index (χ1) is 10.6. The summed E-state index contributed by atoms with van der Waals surface area (Å²) in [6.45, 7) is 4.69. The van der Waals surface area contributed by atoms with Crippen molar-refractivity contribution in [1.82, 2.24) is 9.13 Å². The maximum Gasteiger partial charge on any atom is 0.336 e. The van der Waals surface area contributed by atoms with Crippen LogP contribution in [0.3, 0.4) is 0 Å². The van der Waals surface area contributed by atoms with Gasteiger partial charge in [-0.15, -0.1) is 6.58 Å². The fraction of sp³-hybridized carbons (Fsp3) is 0.571. The molecule has 0 bridgehead atoms. The van der Waals surface area contributed by atoms with Crippen LogP contribution in [-0.2, 0) is 17.7 Å². The van der Waals surface area contributed by atoms with Gasteiger partial charge in [0, 0.05) is 6.54 Å². The van der Waals surface area contributed by atoms with E-state index >= 15 is 0 Å². The third-order valence-corrected chi connectivity index (χ3v) is 3.49. The highest BCUT2D eigenvalue weighted by Gasteiger charge is 2.32. The van der Waals surface area contributed by atoms with Gasteiger partial charge in [-0.05, 0) is 6.42 Å². The molecule has 0 saturated heterocycles. The minimum Gasteiger partial charge on any atom is -0.474 e. The molecule has 1 aliphatic heterocycles. The first-order valence-corrected chi connectivity index (χ1v) is 7.08. The van der Waals surface area contributed by atoms with Crippen LogP contribution < -0.4 is 16.0 Å². The van der Waals surface area contributed by atoms with Gasteiger partial charge in [0.15, 0.2) is 6.23 Å². The van der Waals surface area contributed by atoms with E-state index in [1.54, 1.807) is 6.92 Å². The van der Waals surface area contributed by atoms with E-state index in [9.17, 15) is 9.59 Å². The number of nitrogens with zero attached hydrogens (tertiary/aromatic N) is 2. The predicted octanol–water partition coefficient (Wildman–Crippen LogP) is -0.981. The van der Waals surface area contributed by atoms with Gasteiger partial charge in [0.05, 0.1) is 18.8 Å². The lowest BCUT2D eigenvalue weighted by Gasteiger charge is -2.19. The molecule has 0 aliphatic carbocycles. The zero-order valence-electron chi connectivity index (χ0n) is 12.4. The van der Waals surface area contributed by atoms with E-state index in [4.69, 9.17) is 19.7 Å². The Morgan fingerprint density at radius 3 is 2.68 bits per heavy atom. The number of rotatable bonds is 7. The third-order valence-electron chi connectivity index (χ3n) is 3.49. The molecular weight excluding hydrogens is 292 g/mol. The van der Waals surface area contributed by atoms with Crippen LogP contribution in [-0.4, -0.2) is 45.3 Å². The highest BCUT2D eigenvalue weighted by Crippen LogP contribution is 2.27. The van der Waals surface area contributed by atoms with E-state index in [0.29, 0.717) is 12.0 Å². The van der Waals surface area contributed by atoms with Crippen LogP contribution in [0.5, 0.6) is 5.88 Å². The molecule has 1 aliphatic rings. The Morgan fingerprint density at radius 2 is 2.14 bits per heavy atom. The third kappa shape index (κ3) is 2.72. The molecule has 1 aromatic heterocycles. The summed E-state index contributed by atoms with van der Waals surface area (Å²) in [5.41, 5.74) is -0.577. The Kier molecular flexibility index (Phi) is 5.17. The van der Waals surface area contributed by atoms with Gasteiger partial charge in [0.1, 0.15) is 12.7 Å². The number of hydrogen-bond donors (Lipinski definition) is 2. The Morgan fingerprint density at radius 1 is 1.45 bits per heavy atom. The standard InChI is InChI=1S/C14H20N2O6/c1-3-5-15-12(19)10(4-2)13-16(14(15)20)11(8-21-13)22-9(6-17)7-18/h3,9,11,17-18H,1,4-8H2,2H3/t11-/m0/s1. The van der Waals surface area contributed by atoms with Gasteiger partial charge in [-0.25, -0.2) is 9.36 Å². The van der Waals surface area contributed by atoms with Gasteiger partial charge in [0.2, 0.25) is 5.88 Å². The molecule has 122 valence electrons. The first-order valence-electron chi connectivity index (χ1n) is 7.08. The molecule has 2 rings (SSSR count). The second-order valence-corrected chi connectivity index (χ2v) is 4.88. The van der Waals surface area contributed by atoms with Crippen LogP contribution in [0.4, 0.5) is 0 Å². The van der Waals surface area contributed by atoms with Crippen molar-refractivity contribution in [2.75, 3.05) is 19.8 Å². The summed E-state index contributed by atoms with van der Waals surface area (Å²) in [4.78, 5) is 24.8. The van der Waals surface area contributed by atoms with E-state index in [2.05, 4.69) is 6.58 Å². The largest absolute Gasteiger partial charge is 0.474 e. The van der Waals surface area contributed by atoms with Crippen molar-refractivity contribution in [1.29, 1.82) is 0 Å². The lowest BCUT2D eigenvalue weighted by atomic mass is 10.2. The van der Waals surface area contributed by atoms with E-state index in [0.717, 1.165) is 4.57 Å². The average molecular weight is 312 g/mol. The Labute approximate surface area is 126 Å². The first kappa shape index (κ1) is 16.5. The lowest BCUT2D eigenvalue weighted by molar-refractivity contribution is -0.0936. The fourth-order valence-electron chi connectivity index (χ4n) is 2.40. The van der Waals surface area contributed by atoms with Gasteiger partial charge in [0.25, 0.3) is 5.56 Å². The quantitative estimate of drug-likeness (QED) is 0.627. The molecule has 0 unspecified atom stereocenters. The normalized spacial score (nSPS) is 16.6. The summed E-state index contributed by atoms with van der Waals surface area (Å²) in [5.74, 6) is 0.192. The Bertz CT molecular complexity index is 659. The van der Waals surface area contributed by atoms with Crippen molar-refractivity contribution in [2.45, 2.75) is 32.2 Å². The van der Waals surface area contributed by atoms with Crippen LogP contribution in [0.1, 0.15) is 18.7 Å². The number of allylic oxidation sites excluding steroid dienone is 1. The van der Waals surface area contributed by atoms with Crippen LogP contribution in [0.15, 0.2) is 22.2 Å². The highest BCUT2D eigenvalue weighted by atomic mass is 16.6. The van der Waals surface area contributed by atoms with Crippen LogP contribution in [0.25, 0.3) is 0 Å². The number of ether oxygens (including phenoxy) is 2. The molecule has 0 amide bonds. The Balaban J connectivity index is 2.54. The summed E-state index contributed by atoms with van der Waals surface area (Å²) in [7, 11) is 0. The van der Waals surface area contributed by atoms with E-state index in [1.165, 1.54) is 10.6 Å². The minimum atomic E-state index is -0.823. The van der Waals surface area contributed by atoms with E-state index in [1.807, 2.05) is 0 Å². The molecule has 0 radical (unpaired) electrons. The van der Waals surface area contributed by atoms with Gasteiger partial charge in [-0.1, -0.05) is 13.0 Å². The number of aromatic nitrogens is 2. The maximum absolute atomic E-state index is 12.5. The monoisotopic (exact) mass is 312 g/mol. The summed E-state index contributed by atoms with van der Waals surface area (Å²) in [6.07, 6.45) is 0.248. The van der Waals surface area contributed by atoms with Gasteiger partial charge >= 0.3 is 5.69 Å². The van der Waals surface area contributed by atoms with Gasteiger partial charge in [-0.2, -0.15) is 0 Å². The maximum atomic E-state index is 12.5. The van der Waals surface area contributed by atoms with Crippen LogP contribution in [0, 0.1) is 0 Å². The van der Waals surface area contributed by atoms with E-state index in [-0.39, 0.29) is 32.2 Å². The van der Waals surface area contributed by atoms with Gasteiger partial charge in [-0.3, -0.25) is 9.36 Å². The predicted molar refractivity (Wildman–Crippen MR) is 78.1 cm³/mol. The number of aliphatic hydroxyl groups excluding tert-OH is 2. The minimum absolute atomic E-state index is 0.0380. The number of hydrogen-bond acceptors (Lipinski definition) is 6. The second-order valence-electron chi connectivity index (χ2n) is 4.88. The van der Waals surface area contributed by atoms with E-state index < -0.39 is 23.6 Å². The van der Waals surface area contributed by atoms with Crippen LogP contribution >= 0.6 is 0 Å². The van der Waals surface area contributed by atoms with Crippen molar-refractivity contribution < 1.29 is 19.7 Å². The molecule has 8 heteroatoms. The zero-order chi connectivity index (χ0) is 16.3. The van der Waals surface area contributed by atoms with Crippen molar-refractivity contribution in [2.24, 2.45) is 0 Å². The van der Waals surface area contributed by atoms with Crippen LogP contribution in [0.2, 0.25) is 0 Å². The molecule has 1 aromatic rings. The summed E-state index contributed by atoms with van der Waals surface area (Å²) < 4.78 is 13.3. The molecule has 2 heterocycles. The fourth-order valence-corrected chi connectivity index (χ4v) is 2.40. The van der Waals surface area contributed by atoms with Crippen molar-refractivity contribution in [3.8, 4) is 5.88 Å². The van der Waals surface area contributed by atoms with Crippen molar-refractivity contribution in [3.63, 3.8) is 0 Å². The molecule has 2 N–H and O–H groups in total. The molecular formula is C14H20N2O6. The average Bonchev–Trinajstić information content (AvgIpc) is 2.93. The van der Waals surface area contributed by atoms with Crippen molar-refractivity contribution in [3.05, 3.63) is 39.1 Å². The highest BCUT2D eigenvalue weighted by molar-refractivity contribution is 5.27. The number of fused-ring (bicyclic) bond motifs is 1. The Hall–Kier alpha value is -1.90. The van der Waals surface area contributed by atoms with Gasteiger partial charge < -0.3 is 19.7 Å². The summed E-state index contributed by atoms with van der Waals surface area (Å²) in [6, 6.07) is 0. The molecule has 0 fully saturated rings. The zero-order valence-corrected chi connectivity index (χ0v) is 12.4. The topological polar surface area (TPSA) is 103 Å². The molecule has 0 aromatic carbocycles. The molecule has 22 heavy (non-hydrogen) atoms. The number of aliphatic hydroxyl groups is 2. The molecule has 0 saturated carbocycles. The summed E-state index contributed by atoms with van der Waals surface area (Å²) in [5, 5.41) is 18.2. The molecule has 1 atom stereocenters. The molecule has 8 nitrogen and oxygen atoms in total. The smallest absolute Gasteiger partial charge is 0.336 e. The summed E-state index contributed by atoms with van der Waals surface area (Å²) >= 11 is 0. The lowest BCUT2D eigenvalue weighted by Crippen LogP contribution is -2.42. The molecule has 0 spiro atoms.